The van der Waals surface area contributed by atoms with E-state index in [4.69, 9.17) is 9.84 Å². The Morgan fingerprint density at radius 2 is 1.84 bits per heavy atom. The van der Waals surface area contributed by atoms with Crippen LogP contribution in [-0.2, 0) is 20.8 Å². The summed E-state index contributed by atoms with van der Waals surface area (Å²) in [5.74, 6) is -4.54. The number of carbonyl (C=O) groups is 2. The fourth-order valence-electron chi connectivity index (χ4n) is 6.22. The number of aromatic amines is 1. The maximum atomic E-state index is 15.8. The molecule has 0 saturated carbocycles. The molecule has 2 fully saturated rings. The lowest BCUT2D eigenvalue weighted by molar-refractivity contribution is -0.142. The van der Waals surface area contributed by atoms with Gasteiger partial charge in [-0.15, -0.1) is 0 Å². The Hall–Kier alpha value is -4.35. The van der Waals surface area contributed by atoms with E-state index in [-0.39, 0.29) is 31.7 Å². The lowest BCUT2D eigenvalue weighted by Gasteiger charge is -2.36. The number of halogens is 3. The highest BCUT2D eigenvalue weighted by Gasteiger charge is 2.32. The van der Waals surface area contributed by atoms with Crippen molar-refractivity contribution in [3.63, 3.8) is 0 Å². The number of piperazine rings is 1. The van der Waals surface area contributed by atoms with E-state index in [1.54, 1.807) is 12.3 Å². The normalized spacial score (nSPS) is 17.9. The molecular weight excluding hydrogens is 665 g/mol. The van der Waals surface area contributed by atoms with Crippen LogP contribution >= 0.6 is 0 Å². The maximum absolute atomic E-state index is 15.8. The van der Waals surface area contributed by atoms with Crippen molar-refractivity contribution in [2.45, 2.75) is 19.0 Å². The summed E-state index contributed by atoms with van der Waals surface area (Å²) in [6, 6.07) is 11.3. The molecule has 49 heavy (non-hydrogen) atoms. The molecule has 0 radical (unpaired) electrons. The Balaban J connectivity index is 1.17. The van der Waals surface area contributed by atoms with Gasteiger partial charge in [0, 0.05) is 80.5 Å². The smallest absolute Gasteiger partial charge is 0.329 e. The lowest BCUT2D eigenvalue weighted by atomic mass is 9.99. The monoisotopic (exact) mass is 699 g/mol. The van der Waals surface area contributed by atoms with E-state index in [0.29, 0.717) is 27.6 Å². The summed E-state index contributed by atoms with van der Waals surface area (Å²) in [5, 5.41) is 10.1. The number of pyridine rings is 1. The number of carboxylic acid groups (broad SMARTS) is 1. The zero-order chi connectivity index (χ0) is 34.7. The highest BCUT2D eigenvalue weighted by molar-refractivity contribution is 7.80. The number of ketones is 1. The second kappa shape index (κ2) is 15.0. The van der Waals surface area contributed by atoms with Gasteiger partial charge in [0.15, 0.2) is 5.82 Å². The number of hydrogen-bond acceptors (Lipinski definition) is 9. The van der Waals surface area contributed by atoms with Gasteiger partial charge in [-0.3, -0.25) is 13.9 Å². The number of anilines is 2. The Bertz CT molecular complexity index is 1850. The number of aromatic nitrogens is 2. The molecule has 4 aromatic rings. The van der Waals surface area contributed by atoms with Gasteiger partial charge in [0.25, 0.3) is 0 Å². The first-order valence-electron chi connectivity index (χ1n) is 15.8. The summed E-state index contributed by atoms with van der Waals surface area (Å²) in [6.07, 6.45) is 2.42. The van der Waals surface area contributed by atoms with Crippen LogP contribution < -0.4 is 9.31 Å². The van der Waals surface area contributed by atoms with Gasteiger partial charge in [-0.2, -0.15) is 0 Å². The summed E-state index contributed by atoms with van der Waals surface area (Å²) in [7, 11) is 0. The number of hydrazine groups is 1. The van der Waals surface area contributed by atoms with E-state index in [1.165, 1.54) is 6.20 Å². The quantitative estimate of drug-likeness (QED) is 0.120. The minimum absolute atomic E-state index is 0.00123. The first-order chi connectivity index (χ1) is 23.6. The Morgan fingerprint density at radius 3 is 2.51 bits per heavy atom. The second-order valence-electron chi connectivity index (χ2n) is 11.9. The molecule has 2 saturated heterocycles. The average molecular weight is 700 g/mol. The fraction of sp³-hybridized carbons (Fsp3) is 0.364. The van der Waals surface area contributed by atoms with Crippen molar-refractivity contribution in [1.82, 2.24) is 19.9 Å². The number of nitrogens with one attached hydrogen (secondary N) is 1. The van der Waals surface area contributed by atoms with Gasteiger partial charge >= 0.3 is 5.97 Å². The van der Waals surface area contributed by atoms with Crippen LogP contribution in [-0.4, -0.2) is 111 Å². The van der Waals surface area contributed by atoms with Crippen LogP contribution in [0.25, 0.3) is 22.2 Å². The number of carboxylic acids is 1. The predicted molar refractivity (Wildman–Crippen MR) is 176 cm³/mol. The fourth-order valence-corrected chi connectivity index (χ4v) is 6.86. The summed E-state index contributed by atoms with van der Waals surface area (Å²) in [4.78, 5) is 36.1. The van der Waals surface area contributed by atoms with Crippen LogP contribution in [0, 0.1) is 11.6 Å². The standard InChI is InChI=1S/C33H35F3N6O6S/c34-23-8-10-41(19-23)42(49(46)47)28-7-6-27(35)30(31(28)36)32(45)26-18-38-33-25(26)16-22(17-37-33)21-2-4-24(5-3-21)40-13-11-39(12-14-40)9-1-15-48-20-29(43)44/h2-7,16-18,23H,1,8-15,19-20H2,(H,37,38)(H,43,44)(H,46,47)/p-1/t23-/m1/s1. The third-order valence-corrected chi connectivity index (χ3v) is 9.42. The molecule has 1 unspecified atom stereocenters. The van der Waals surface area contributed by atoms with Crippen LogP contribution in [0.15, 0.2) is 54.9 Å². The molecule has 2 aliphatic rings. The topological polar surface area (TPSA) is 145 Å². The van der Waals surface area contributed by atoms with Gasteiger partial charge in [0.05, 0.1) is 23.4 Å². The Kier molecular flexibility index (Phi) is 10.6. The van der Waals surface area contributed by atoms with Gasteiger partial charge in [-0.25, -0.2) is 32.4 Å². The van der Waals surface area contributed by atoms with Gasteiger partial charge in [-0.05, 0) is 48.7 Å². The maximum Gasteiger partial charge on any atom is 0.329 e. The molecular formula is C33H34F3N6O6S-. The zero-order valence-corrected chi connectivity index (χ0v) is 27.1. The lowest BCUT2D eigenvalue weighted by Crippen LogP contribution is -2.46. The number of ether oxygens (including phenoxy) is 1. The van der Waals surface area contributed by atoms with Crippen molar-refractivity contribution in [2.24, 2.45) is 0 Å². The molecule has 2 aromatic carbocycles. The van der Waals surface area contributed by atoms with Crippen molar-refractivity contribution in [2.75, 3.05) is 68.3 Å². The third-order valence-electron chi connectivity index (χ3n) is 8.71. The first-order valence-corrected chi connectivity index (χ1v) is 16.8. The highest BCUT2D eigenvalue weighted by Crippen LogP contribution is 2.33. The van der Waals surface area contributed by atoms with Crippen LogP contribution in [0.2, 0.25) is 0 Å². The summed E-state index contributed by atoms with van der Waals surface area (Å²) >= 11 is -3.06. The number of carbonyl (C=O) groups excluding carboxylic acids is 1. The summed E-state index contributed by atoms with van der Waals surface area (Å²) in [5.41, 5.74) is 1.25. The second-order valence-corrected chi connectivity index (χ2v) is 12.7. The minimum atomic E-state index is -3.06. The molecule has 2 N–H and O–H groups in total. The number of fused-ring (bicyclic) bond motifs is 1. The predicted octanol–water partition coefficient (Wildman–Crippen LogP) is 3.91. The van der Waals surface area contributed by atoms with Crippen molar-refractivity contribution < 1.29 is 41.4 Å². The molecule has 260 valence electrons. The molecule has 0 bridgehead atoms. The van der Waals surface area contributed by atoms with E-state index in [2.05, 4.69) is 19.8 Å². The van der Waals surface area contributed by atoms with Crippen LogP contribution in [0.1, 0.15) is 28.8 Å². The van der Waals surface area contributed by atoms with Gasteiger partial charge in [0.1, 0.15) is 29.9 Å². The van der Waals surface area contributed by atoms with E-state index in [1.807, 2.05) is 24.3 Å². The highest BCUT2D eigenvalue weighted by atomic mass is 32.2. The first kappa shape index (κ1) is 34.5. The minimum Gasteiger partial charge on any atom is -0.754 e. The third kappa shape index (κ3) is 7.63. The van der Waals surface area contributed by atoms with Gasteiger partial charge < -0.3 is 24.3 Å². The molecule has 12 nitrogen and oxygen atoms in total. The van der Waals surface area contributed by atoms with E-state index < -0.39 is 52.1 Å². The Labute approximate surface area is 282 Å². The van der Waals surface area contributed by atoms with Crippen molar-refractivity contribution >= 4 is 45.4 Å². The van der Waals surface area contributed by atoms with Gasteiger partial charge in [-0.1, -0.05) is 12.1 Å². The summed E-state index contributed by atoms with van der Waals surface area (Å²) < 4.78 is 74.5. The van der Waals surface area contributed by atoms with E-state index in [9.17, 15) is 22.7 Å². The van der Waals surface area contributed by atoms with Crippen molar-refractivity contribution in [1.29, 1.82) is 0 Å². The van der Waals surface area contributed by atoms with Crippen LogP contribution in [0.5, 0.6) is 0 Å². The molecule has 16 heteroatoms. The van der Waals surface area contributed by atoms with Crippen LogP contribution in [0.3, 0.4) is 0 Å². The molecule has 0 aliphatic carbocycles. The Morgan fingerprint density at radius 1 is 1.08 bits per heavy atom. The van der Waals surface area contributed by atoms with Gasteiger partial charge in [0.2, 0.25) is 5.78 Å². The molecule has 2 atom stereocenters. The number of benzene rings is 2. The van der Waals surface area contributed by atoms with Crippen molar-refractivity contribution in [3.05, 3.63) is 77.6 Å². The SMILES string of the molecule is O=C(O)COCCCN1CCN(c2ccc(-c3cnc4[nH]cc(C(=O)c5c(F)ccc(N(N6CC[C@@H](F)C6)S(=O)[O-])c5F)c4c3)cc2)CC1. The molecule has 2 aromatic heterocycles. The number of aliphatic carboxylic acids is 1. The number of hydrogen-bond donors (Lipinski definition) is 2. The van der Waals surface area contributed by atoms with E-state index in [0.717, 1.165) is 67.5 Å². The van der Waals surface area contributed by atoms with Crippen LogP contribution in [0.4, 0.5) is 24.5 Å². The van der Waals surface area contributed by atoms with Crippen molar-refractivity contribution in [3.8, 4) is 11.1 Å². The zero-order valence-electron chi connectivity index (χ0n) is 26.3. The average Bonchev–Trinajstić information content (AvgIpc) is 3.71. The molecule has 4 heterocycles. The largest absolute Gasteiger partial charge is 0.754 e. The summed E-state index contributed by atoms with van der Waals surface area (Å²) in [6.45, 7) is 4.01. The van der Waals surface area contributed by atoms with E-state index >= 15 is 8.78 Å². The molecule has 0 amide bonds. The number of H-pyrrole nitrogens is 1. The number of alkyl halides is 1. The number of nitrogens with zero attached hydrogens (tertiary/aromatic N) is 5. The molecule has 2 aliphatic heterocycles. The molecule has 0 spiro atoms. The molecule has 6 rings (SSSR count). The number of rotatable bonds is 13.